The highest BCUT2D eigenvalue weighted by Crippen LogP contribution is 2.11. The maximum atomic E-state index is 12.0. The maximum absolute atomic E-state index is 12.0. The van der Waals surface area contributed by atoms with Crippen LogP contribution in [0, 0.1) is 5.92 Å². The number of rotatable bonds is 2. The van der Waals surface area contributed by atoms with Crippen LogP contribution in [0.1, 0.15) is 23.8 Å². The zero-order valence-electron chi connectivity index (χ0n) is 10.3. The second-order valence-electron chi connectivity index (χ2n) is 4.55. The molecule has 0 spiro atoms. The molecule has 96 valence electrons. The highest BCUT2D eigenvalue weighted by atomic mass is 35.5. The fourth-order valence-electron chi connectivity index (χ4n) is 2.17. The molecular formula is C12H20ClN3O. The van der Waals surface area contributed by atoms with Gasteiger partial charge in [-0.1, -0.05) is 6.92 Å². The van der Waals surface area contributed by atoms with Crippen LogP contribution in [0.5, 0.6) is 0 Å². The zero-order chi connectivity index (χ0) is 11.5. The number of aryl methyl sites for hydroxylation is 1. The second kappa shape index (κ2) is 6.07. The predicted molar refractivity (Wildman–Crippen MR) is 70.6 cm³/mol. The molecule has 4 nitrogen and oxygen atoms in total. The van der Waals surface area contributed by atoms with E-state index in [0.29, 0.717) is 12.0 Å². The summed E-state index contributed by atoms with van der Waals surface area (Å²) < 4.78 is 1.85. The van der Waals surface area contributed by atoms with Gasteiger partial charge in [0.2, 0.25) is 0 Å². The molecule has 1 amide bonds. The van der Waals surface area contributed by atoms with E-state index in [2.05, 4.69) is 17.6 Å². The third-order valence-electron chi connectivity index (χ3n) is 3.28. The first kappa shape index (κ1) is 14.1. The first-order valence-electron chi connectivity index (χ1n) is 5.81. The van der Waals surface area contributed by atoms with Gasteiger partial charge in [-0.05, 0) is 37.6 Å². The van der Waals surface area contributed by atoms with Gasteiger partial charge >= 0.3 is 0 Å². The number of piperidine rings is 1. The van der Waals surface area contributed by atoms with E-state index in [1.54, 1.807) is 0 Å². The summed E-state index contributed by atoms with van der Waals surface area (Å²) in [6.45, 7) is 4.14. The van der Waals surface area contributed by atoms with E-state index in [9.17, 15) is 4.79 Å². The average Bonchev–Trinajstić information content (AvgIpc) is 2.68. The van der Waals surface area contributed by atoms with Crippen molar-refractivity contribution in [2.24, 2.45) is 13.0 Å². The van der Waals surface area contributed by atoms with Crippen LogP contribution in [0.4, 0.5) is 0 Å². The third-order valence-corrected chi connectivity index (χ3v) is 3.28. The normalized spacial score (nSPS) is 23.9. The van der Waals surface area contributed by atoms with Crippen LogP contribution in [0.2, 0.25) is 0 Å². The third kappa shape index (κ3) is 3.23. The molecule has 0 aliphatic carbocycles. The molecule has 2 heterocycles. The van der Waals surface area contributed by atoms with Gasteiger partial charge in [0.05, 0.1) is 0 Å². The lowest BCUT2D eigenvalue weighted by Gasteiger charge is -2.30. The first-order chi connectivity index (χ1) is 7.68. The lowest BCUT2D eigenvalue weighted by atomic mass is 9.95. The Morgan fingerprint density at radius 1 is 1.59 bits per heavy atom. The van der Waals surface area contributed by atoms with Crippen molar-refractivity contribution in [3.8, 4) is 0 Å². The Morgan fingerprint density at radius 3 is 2.94 bits per heavy atom. The predicted octanol–water partition coefficient (Wildman–Crippen LogP) is 1.17. The number of nitrogens with zero attached hydrogens (tertiary/aromatic N) is 1. The van der Waals surface area contributed by atoms with Crippen LogP contribution < -0.4 is 10.6 Å². The van der Waals surface area contributed by atoms with Gasteiger partial charge in [-0.15, -0.1) is 12.4 Å². The molecule has 0 radical (unpaired) electrons. The number of halogens is 1. The largest absolute Gasteiger partial charge is 0.348 e. The molecular weight excluding hydrogens is 238 g/mol. The summed E-state index contributed by atoms with van der Waals surface area (Å²) in [5, 5.41) is 6.44. The number of carbonyl (C=O) groups is 1. The lowest BCUT2D eigenvalue weighted by Crippen LogP contribution is -2.48. The number of hydrogen-bond donors (Lipinski definition) is 2. The van der Waals surface area contributed by atoms with E-state index in [-0.39, 0.29) is 18.3 Å². The maximum Gasteiger partial charge on any atom is 0.268 e. The van der Waals surface area contributed by atoms with E-state index in [0.717, 1.165) is 25.2 Å². The van der Waals surface area contributed by atoms with Gasteiger partial charge in [-0.25, -0.2) is 0 Å². The quantitative estimate of drug-likeness (QED) is 0.836. The highest BCUT2D eigenvalue weighted by Gasteiger charge is 2.23. The van der Waals surface area contributed by atoms with Crippen LogP contribution in [0.25, 0.3) is 0 Å². The number of carbonyl (C=O) groups excluding carboxylic acids is 1. The Hall–Kier alpha value is -1.00. The SMILES string of the molecule is CC1CNCCC1NC(=O)c1cccn1C.Cl. The van der Waals surface area contributed by atoms with Crippen molar-refractivity contribution in [2.75, 3.05) is 13.1 Å². The molecule has 1 fully saturated rings. The van der Waals surface area contributed by atoms with Crippen LogP contribution >= 0.6 is 12.4 Å². The van der Waals surface area contributed by atoms with Gasteiger partial charge in [-0.3, -0.25) is 4.79 Å². The molecule has 5 heteroatoms. The number of aromatic nitrogens is 1. The molecule has 0 saturated carbocycles. The minimum Gasteiger partial charge on any atom is -0.348 e. The van der Waals surface area contributed by atoms with Gasteiger partial charge < -0.3 is 15.2 Å². The van der Waals surface area contributed by atoms with Crippen LogP contribution in [0.3, 0.4) is 0 Å². The number of amides is 1. The molecule has 1 aliphatic heterocycles. The van der Waals surface area contributed by atoms with Crippen LogP contribution in [-0.2, 0) is 7.05 Å². The standard InChI is InChI=1S/C12H19N3O.ClH/c1-9-8-13-6-5-10(9)14-12(16)11-4-3-7-15(11)2;/h3-4,7,9-10,13H,5-6,8H2,1-2H3,(H,14,16);1H. The van der Waals surface area contributed by atoms with E-state index < -0.39 is 0 Å². The summed E-state index contributed by atoms with van der Waals surface area (Å²) >= 11 is 0. The molecule has 1 aromatic rings. The average molecular weight is 258 g/mol. The Balaban J connectivity index is 0.00000144. The zero-order valence-corrected chi connectivity index (χ0v) is 11.1. The van der Waals surface area contributed by atoms with Crippen LogP contribution in [0.15, 0.2) is 18.3 Å². The summed E-state index contributed by atoms with van der Waals surface area (Å²) in [7, 11) is 1.89. The van der Waals surface area contributed by atoms with Gasteiger partial charge in [0.15, 0.2) is 0 Å². The minimum atomic E-state index is 0. The summed E-state index contributed by atoms with van der Waals surface area (Å²) in [6, 6.07) is 4.03. The molecule has 0 aromatic carbocycles. The number of hydrogen-bond acceptors (Lipinski definition) is 2. The van der Waals surface area contributed by atoms with Crippen molar-refractivity contribution in [1.82, 2.24) is 15.2 Å². The van der Waals surface area contributed by atoms with Crippen molar-refractivity contribution in [3.63, 3.8) is 0 Å². The summed E-state index contributed by atoms with van der Waals surface area (Å²) in [4.78, 5) is 12.0. The van der Waals surface area contributed by atoms with Crippen molar-refractivity contribution in [3.05, 3.63) is 24.0 Å². The van der Waals surface area contributed by atoms with Crippen molar-refractivity contribution in [1.29, 1.82) is 0 Å². The molecule has 2 N–H and O–H groups in total. The summed E-state index contributed by atoms with van der Waals surface area (Å²) in [6.07, 6.45) is 2.90. The van der Waals surface area contributed by atoms with E-state index in [1.807, 2.05) is 29.9 Å². The molecule has 17 heavy (non-hydrogen) atoms. The molecule has 2 atom stereocenters. The molecule has 0 bridgehead atoms. The van der Waals surface area contributed by atoms with E-state index in [4.69, 9.17) is 0 Å². The molecule has 1 saturated heterocycles. The Morgan fingerprint density at radius 2 is 2.35 bits per heavy atom. The van der Waals surface area contributed by atoms with Crippen molar-refractivity contribution < 1.29 is 4.79 Å². The van der Waals surface area contributed by atoms with Gasteiger partial charge in [0.1, 0.15) is 5.69 Å². The molecule has 1 aromatic heterocycles. The Labute approximate surface area is 108 Å². The van der Waals surface area contributed by atoms with Crippen molar-refractivity contribution in [2.45, 2.75) is 19.4 Å². The van der Waals surface area contributed by atoms with Gasteiger partial charge in [-0.2, -0.15) is 0 Å². The Bertz CT molecular complexity index is 378. The fraction of sp³-hybridized carbons (Fsp3) is 0.583. The minimum absolute atomic E-state index is 0. The van der Waals surface area contributed by atoms with E-state index in [1.165, 1.54) is 0 Å². The molecule has 2 rings (SSSR count). The van der Waals surface area contributed by atoms with Gasteiger partial charge in [0.25, 0.3) is 5.91 Å². The fourth-order valence-corrected chi connectivity index (χ4v) is 2.17. The number of nitrogens with one attached hydrogen (secondary N) is 2. The lowest BCUT2D eigenvalue weighted by molar-refractivity contribution is 0.0906. The Kier molecular flexibility index (Phi) is 5.02. The van der Waals surface area contributed by atoms with Crippen LogP contribution in [-0.4, -0.2) is 29.6 Å². The van der Waals surface area contributed by atoms with E-state index >= 15 is 0 Å². The summed E-state index contributed by atoms with van der Waals surface area (Å²) in [5.74, 6) is 0.532. The monoisotopic (exact) mass is 257 g/mol. The molecule has 1 aliphatic rings. The van der Waals surface area contributed by atoms with Crippen molar-refractivity contribution >= 4 is 18.3 Å². The first-order valence-corrected chi connectivity index (χ1v) is 5.81. The summed E-state index contributed by atoms with van der Waals surface area (Å²) in [5.41, 5.74) is 0.728. The second-order valence-corrected chi connectivity index (χ2v) is 4.55. The smallest absolute Gasteiger partial charge is 0.268 e. The molecule has 2 unspecified atom stereocenters. The topological polar surface area (TPSA) is 46.1 Å². The van der Waals surface area contributed by atoms with Gasteiger partial charge in [0, 0.05) is 19.3 Å². The highest BCUT2D eigenvalue weighted by molar-refractivity contribution is 5.92.